The van der Waals surface area contributed by atoms with Crippen LogP contribution in [0.4, 0.5) is 5.69 Å². The lowest BCUT2D eigenvalue weighted by atomic mass is 10.2. The van der Waals surface area contributed by atoms with Crippen LogP contribution in [0.2, 0.25) is 0 Å². The van der Waals surface area contributed by atoms with E-state index in [0.29, 0.717) is 18.8 Å². The van der Waals surface area contributed by atoms with E-state index in [2.05, 4.69) is 4.98 Å². The zero-order valence-corrected chi connectivity index (χ0v) is 13.7. The van der Waals surface area contributed by atoms with Crippen molar-refractivity contribution < 1.29 is 8.42 Å². The molecular weight excluding hydrogens is 306 g/mol. The van der Waals surface area contributed by atoms with Crippen molar-refractivity contribution in [1.82, 2.24) is 9.29 Å². The molecule has 0 bridgehead atoms. The van der Waals surface area contributed by atoms with Gasteiger partial charge in [-0.3, -0.25) is 0 Å². The molecule has 0 aliphatic carbocycles. The van der Waals surface area contributed by atoms with E-state index in [4.69, 9.17) is 5.73 Å². The fourth-order valence-electron chi connectivity index (χ4n) is 2.02. The molecule has 114 valence electrons. The van der Waals surface area contributed by atoms with Crippen molar-refractivity contribution in [2.75, 3.05) is 12.3 Å². The third kappa shape index (κ3) is 3.81. The molecule has 7 heteroatoms. The maximum absolute atomic E-state index is 12.7. The van der Waals surface area contributed by atoms with Gasteiger partial charge in [-0.25, -0.2) is 13.4 Å². The summed E-state index contributed by atoms with van der Waals surface area (Å²) in [5.74, 6) is 0. The van der Waals surface area contributed by atoms with E-state index >= 15 is 0 Å². The summed E-state index contributed by atoms with van der Waals surface area (Å²) in [5.41, 5.74) is 7.27. The van der Waals surface area contributed by atoms with Gasteiger partial charge in [0.1, 0.15) is 0 Å². The number of rotatable bonds is 6. The maximum Gasteiger partial charge on any atom is 0.254 e. The Hall–Kier alpha value is -1.44. The second-order valence-electron chi connectivity index (χ2n) is 4.78. The average Bonchev–Trinajstić information content (AvgIpc) is 2.86. The Balaban J connectivity index is 2.30. The van der Waals surface area contributed by atoms with Crippen molar-refractivity contribution in [2.45, 2.75) is 31.0 Å². The van der Waals surface area contributed by atoms with E-state index in [9.17, 15) is 8.42 Å². The van der Waals surface area contributed by atoms with Crippen LogP contribution in [0.3, 0.4) is 0 Å². The molecule has 0 spiro atoms. The molecule has 2 rings (SSSR count). The van der Waals surface area contributed by atoms with Gasteiger partial charge in [-0.05, 0) is 31.0 Å². The predicted molar refractivity (Wildman–Crippen MR) is 85.6 cm³/mol. The Labute approximate surface area is 129 Å². The van der Waals surface area contributed by atoms with Crippen LogP contribution in [0.5, 0.6) is 0 Å². The SMILES string of the molecule is CCCN(Cc1cccc(N)c1)S(=O)(=O)c1cnc(C)s1. The van der Waals surface area contributed by atoms with Crippen LogP contribution in [-0.4, -0.2) is 24.3 Å². The lowest BCUT2D eigenvalue weighted by Crippen LogP contribution is -2.31. The first-order chi connectivity index (χ1) is 9.93. The number of aromatic nitrogens is 1. The van der Waals surface area contributed by atoms with Crippen molar-refractivity contribution in [3.05, 3.63) is 41.0 Å². The van der Waals surface area contributed by atoms with E-state index in [0.717, 1.165) is 17.0 Å². The number of nitrogen functional groups attached to an aromatic ring is 1. The number of anilines is 1. The van der Waals surface area contributed by atoms with Gasteiger partial charge in [0.05, 0.1) is 11.2 Å². The first-order valence-electron chi connectivity index (χ1n) is 6.70. The van der Waals surface area contributed by atoms with Crippen LogP contribution in [-0.2, 0) is 16.6 Å². The zero-order valence-electron chi connectivity index (χ0n) is 12.1. The molecule has 1 heterocycles. The molecule has 21 heavy (non-hydrogen) atoms. The topological polar surface area (TPSA) is 76.3 Å². The molecule has 1 aromatic heterocycles. The lowest BCUT2D eigenvalue weighted by Gasteiger charge is -2.20. The van der Waals surface area contributed by atoms with Crippen molar-refractivity contribution in [2.24, 2.45) is 0 Å². The fourth-order valence-corrected chi connectivity index (χ4v) is 4.80. The van der Waals surface area contributed by atoms with Crippen molar-refractivity contribution in [3.8, 4) is 0 Å². The molecule has 0 aliphatic rings. The summed E-state index contributed by atoms with van der Waals surface area (Å²) < 4.78 is 27.2. The highest BCUT2D eigenvalue weighted by Gasteiger charge is 2.26. The van der Waals surface area contributed by atoms with Crippen molar-refractivity contribution in [3.63, 3.8) is 0 Å². The molecule has 0 radical (unpaired) electrons. The van der Waals surface area contributed by atoms with Gasteiger partial charge < -0.3 is 5.73 Å². The average molecular weight is 325 g/mol. The van der Waals surface area contributed by atoms with Crippen LogP contribution in [0.1, 0.15) is 23.9 Å². The van der Waals surface area contributed by atoms with Crippen LogP contribution < -0.4 is 5.73 Å². The summed E-state index contributed by atoms with van der Waals surface area (Å²) in [4.78, 5) is 4.04. The van der Waals surface area contributed by atoms with Crippen LogP contribution >= 0.6 is 11.3 Å². The molecule has 2 N–H and O–H groups in total. The lowest BCUT2D eigenvalue weighted by molar-refractivity contribution is 0.407. The Morgan fingerprint density at radius 1 is 1.38 bits per heavy atom. The van der Waals surface area contributed by atoms with E-state index in [1.807, 2.05) is 19.1 Å². The molecule has 1 aromatic carbocycles. The molecule has 0 fully saturated rings. The minimum atomic E-state index is -3.50. The normalized spacial score (nSPS) is 12.0. The molecule has 0 amide bonds. The van der Waals surface area contributed by atoms with Gasteiger partial charge in [-0.1, -0.05) is 19.1 Å². The molecule has 0 aliphatic heterocycles. The van der Waals surface area contributed by atoms with Crippen LogP contribution in [0.25, 0.3) is 0 Å². The highest BCUT2D eigenvalue weighted by atomic mass is 32.2. The third-order valence-corrected chi connectivity index (χ3v) is 6.17. The number of benzene rings is 1. The second-order valence-corrected chi connectivity index (χ2v) is 8.18. The molecule has 0 atom stereocenters. The third-order valence-electron chi connectivity index (χ3n) is 2.98. The molecule has 2 aromatic rings. The highest BCUT2D eigenvalue weighted by Crippen LogP contribution is 2.24. The van der Waals surface area contributed by atoms with Gasteiger partial charge in [0.25, 0.3) is 10.0 Å². The van der Waals surface area contributed by atoms with Gasteiger partial charge in [0.2, 0.25) is 0 Å². The molecular formula is C14H19N3O2S2. The maximum atomic E-state index is 12.7. The van der Waals surface area contributed by atoms with Crippen LogP contribution in [0, 0.1) is 6.92 Å². The standard InChI is InChI=1S/C14H19N3O2S2/c1-3-7-17(10-12-5-4-6-13(15)8-12)21(18,19)14-9-16-11(2)20-14/h4-6,8-9H,3,7,10,15H2,1-2H3. The van der Waals surface area contributed by atoms with E-state index in [-0.39, 0.29) is 4.21 Å². The summed E-state index contributed by atoms with van der Waals surface area (Å²) in [6, 6.07) is 7.30. The summed E-state index contributed by atoms with van der Waals surface area (Å²) in [5, 5.41) is 0.744. The minimum absolute atomic E-state index is 0.289. The van der Waals surface area contributed by atoms with Gasteiger partial charge in [-0.2, -0.15) is 4.31 Å². The number of hydrogen-bond acceptors (Lipinski definition) is 5. The summed E-state index contributed by atoms with van der Waals surface area (Å²) in [7, 11) is -3.50. The molecule has 0 unspecified atom stereocenters. The van der Waals surface area contributed by atoms with Crippen LogP contribution in [0.15, 0.2) is 34.7 Å². The predicted octanol–water partition coefficient (Wildman–Crippen LogP) is 2.63. The van der Waals surface area contributed by atoms with Gasteiger partial charge in [-0.15, -0.1) is 11.3 Å². The summed E-state index contributed by atoms with van der Waals surface area (Å²) >= 11 is 1.20. The summed E-state index contributed by atoms with van der Waals surface area (Å²) in [6.45, 7) is 4.54. The fraction of sp³-hybridized carbons (Fsp3) is 0.357. The van der Waals surface area contributed by atoms with E-state index < -0.39 is 10.0 Å². The zero-order chi connectivity index (χ0) is 15.5. The number of nitrogens with zero attached hydrogens (tertiary/aromatic N) is 2. The van der Waals surface area contributed by atoms with Gasteiger partial charge in [0, 0.05) is 18.8 Å². The van der Waals surface area contributed by atoms with Gasteiger partial charge >= 0.3 is 0 Å². The molecule has 5 nitrogen and oxygen atoms in total. The van der Waals surface area contributed by atoms with Crippen molar-refractivity contribution in [1.29, 1.82) is 0 Å². The highest BCUT2D eigenvalue weighted by molar-refractivity contribution is 7.91. The Morgan fingerprint density at radius 2 is 2.14 bits per heavy atom. The minimum Gasteiger partial charge on any atom is -0.399 e. The summed E-state index contributed by atoms with van der Waals surface area (Å²) in [6.07, 6.45) is 2.18. The monoisotopic (exact) mass is 325 g/mol. The molecule has 0 saturated heterocycles. The number of aryl methyl sites for hydroxylation is 1. The molecule has 0 saturated carbocycles. The smallest absolute Gasteiger partial charge is 0.254 e. The first-order valence-corrected chi connectivity index (χ1v) is 8.96. The van der Waals surface area contributed by atoms with Gasteiger partial charge in [0.15, 0.2) is 4.21 Å². The number of hydrogen-bond donors (Lipinski definition) is 1. The largest absolute Gasteiger partial charge is 0.399 e. The van der Waals surface area contributed by atoms with Crippen molar-refractivity contribution >= 4 is 27.0 Å². The second kappa shape index (κ2) is 6.55. The number of nitrogens with two attached hydrogens (primary N) is 1. The van der Waals surface area contributed by atoms with E-state index in [1.165, 1.54) is 21.8 Å². The Morgan fingerprint density at radius 3 is 2.71 bits per heavy atom. The Bertz CT molecular complexity index is 711. The van der Waals surface area contributed by atoms with E-state index in [1.54, 1.807) is 19.1 Å². The number of thiazole rings is 1. The Kier molecular flexibility index (Phi) is 4.97. The quantitative estimate of drug-likeness (QED) is 0.828. The first kappa shape index (κ1) is 15.9. The number of sulfonamides is 1.